The molecule has 0 spiro atoms. The number of ether oxygens (including phenoxy) is 1. The van der Waals surface area contributed by atoms with Gasteiger partial charge >= 0.3 is 11.9 Å². The summed E-state index contributed by atoms with van der Waals surface area (Å²) in [6.45, 7) is -0.656. The highest BCUT2D eigenvalue weighted by Crippen LogP contribution is 2.29. The van der Waals surface area contributed by atoms with E-state index >= 15 is 0 Å². The van der Waals surface area contributed by atoms with Crippen molar-refractivity contribution in [2.24, 2.45) is 0 Å². The number of aliphatic carboxylic acids is 1. The maximum atomic E-state index is 11.7. The number of carboxylic acids is 1. The molecule has 1 aromatic rings. The number of carboxylic acid groups (broad SMARTS) is 1. The zero-order valence-corrected chi connectivity index (χ0v) is 14.6. The Morgan fingerprint density at radius 2 is 1.88 bits per heavy atom. The van der Waals surface area contributed by atoms with Gasteiger partial charge in [-0.2, -0.15) is 0 Å². The predicted molar refractivity (Wildman–Crippen MR) is 86.9 cm³/mol. The summed E-state index contributed by atoms with van der Waals surface area (Å²) in [5.74, 6) is -1.87. The van der Waals surface area contributed by atoms with Crippen LogP contribution in [0.4, 0.5) is 5.69 Å². The summed E-state index contributed by atoms with van der Waals surface area (Å²) in [6.07, 6.45) is 0. The average molecular weight is 573 g/mol. The molecule has 0 bridgehead atoms. The lowest BCUT2D eigenvalue weighted by Gasteiger charge is -2.10. The summed E-state index contributed by atoms with van der Waals surface area (Å²) in [5.41, 5.74) is 6.61. The van der Waals surface area contributed by atoms with E-state index in [2.05, 4.69) is 27.3 Å². The number of anilines is 1. The molecule has 0 unspecified atom stereocenters. The molecule has 5 nitrogen and oxygen atoms in total. The van der Waals surface area contributed by atoms with Gasteiger partial charge in [-0.15, -0.1) is 0 Å². The van der Waals surface area contributed by atoms with Crippen LogP contribution in [0.25, 0.3) is 0 Å². The quantitative estimate of drug-likeness (QED) is 0.330. The standard InChI is InChI=1S/C9H6I3NO4/c10-3-1-4(11)8(13)7(12)6(3)9(16)17-2-5(14)15/h1H,2,13H2,(H,14,15). The molecular weight excluding hydrogens is 567 g/mol. The molecule has 0 amide bonds. The third-order valence-electron chi connectivity index (χ3n) is 1.74. The fourth-order valence-electron chi connectivity index (χ4n) is 0.992. The smallest absolute Gasteiger partial charge is 0.341 e. The molecule has 1 rings (SSSR count). The second kappa shape index (κ2) is 6.36. The molecule has 0 saturated carbocycles. The lowest BCUT2D eigenvalue weighted by atomic mass is 10.2. The summed E-state index contributed by atoms with van der Waals surface area (Å²) < 4.78 is 6.74. The molecule has 0 aliphatic rings. The Morgan fingerprint density at radius 3 is 2.41 bits per heavy atom. The fourth-order valence-corrected chi connectivity index (χ4v) is 4.80. The fraction of sp³-hybridized carbons (Fsp3) is 0.111. The Morgan fingerprint density at radius 1 is 1.29 bits per heavy atom. The van der Waals surface area contributed by atoms with E-state index in [0.29, 0.717) is 18.4 Å². The molecule has 0 aliphatic carbocycles. The lowest BCUT2D eigenvalue weighted by molar-refractivity contribution is -0.140. The summed E-state index contributed by atoms with van der Waals surface area (Å²) in [4.78, 5) is 22.0. The van der Waals surface area contributed by atoms with Crippen LogP contribution >= 0.6 is 67.8 Å². The van der Waals surface area contributed by atoms with Gasteiger partial charge in [0.05, 0.1) is 14.8 Å². The molecule has 0 saturated heterocycles. The van der Waals surface area contributed by atoms with E-state index in [1.165, 1.54) is 0 Å². The summed E-state index contributed by atoms with van der Waals surface area (Å²) in [6, 6.07) is 1.75. The van der Waals surface area contributed by atoms with Crippen molar-refractivity contribution in [2.45, 2.75) is 0 Å². The molecule has 0 aromatic heterocycles. The number of rotatable bonds is 3. The lowest BCUT2D eigenvalue weighted by Crippen LogP contribution is -2.16. The van der Waals surface area contributed by atoms with Crippen molar-refractivity contribution in [3.05, 3.63) is 22.3 Å². The van der Waals surface area contributed by atoms with Crippen molar-refractivity contribution in [1.29, 1.82) is 0 Å². The first kappa shape index (κ1) is 15.2. The van der Waals surface area contributed by atoms with Gasteiger partial charge in [0.2, 0.25) is 0 Å². The molecule has 17 heavy (non-hydrogen) atoms. The number of benzene rings is 1. The van der Waals surface area contributed by atoms with Crippen LogP contribution in [0.15, 0.2) is 6.07 Å². The first-order chi connectivity index (χ1) is 7.84. The van der Waals surface area contributed by atoms with Crippen LogP contribution in [0.3, 0.4) is 0 Å². The highest BCUT2D eigenvalue weighted by Gasteiger charge is 2.20. The van der Waals surface area contributed by atoms with E-state index in [-0.39, 0.29) is 0 Å². The van der Waals surface area contributed by atoms with Gasteiger partial charge in [0.1, 0.15) is 0 Å². The third kappa shape index (κ3) is 3.81. The van der Waals surface area contributed by atoms with E-state index in [1.54, 1.807) is 6.07 Å². The predicted octanol–water partition coefficient (Wildman–Crippen LogP) is 2.32. The van der Waals surface area contributed by atoms with Crippen LogP contribution in [-0.2, 0) is 9.53 Å². The van der Waals surface area contributed by atoms with Gasteiger partial charge in [0.15, 0.2) is 6.61 Å². The van der Waals surface area contributed by atoms with Gasteiger partial charge in [0.25, 0.3) is 0 Å². The van der Waals surface area contributed by atoms with Crippen molar-refractivity contribution in [1.82, 2.24) is 0 Å². The zero-order chi connectivity index (χ0) is 13.2. The molecular formula is C9H6I3NO4. The number of nitrogens with two attached hydrogens (primary N) is 1. The summed E-state index contributed by atoms with van der Waals surface area (Å²) in [5, 5.41) is 8.44. The SMILES string of the molecule is Nc1c(I)cc(I)c(C(=O)OCC(=O)O)c1I. The third-order valence-corrected chi connectivity index (χ3v) is 4.60. The van der Waals surface area contributed by atoms with E-state index < -0.39 is 18.5 Å². The number of esters is 1. The van der Waals surface area contributed by atoms with Gasteiger partial charge in [-0.1, -0.05) is 0 Å². The van der Waals surface area contributed by atoms with Crippen molar-refractivity contribution in [2.75, 3.05) is 12.3 Å². The van der Waals surface area contributed by atoms with Crippen LogP contribution in [0, 0.1) is 10.7 Å². The number of nitrogen functional groups attached to an aromatic ring is 1. The molecule has 0 aliphatic heterocycles. The van der Waals surface area contributed by atoms with E-state index in [1.807, 2.05) is 45.2 Å². The largest absolute Gasteiger partial charge is 0.479 e. The number of hydrogen-bond donors (Lipinski definition) is 2. The molecule has 8 heteroatoms. The summed E-state index contributed by atoms with van der Waals surface area (Å²) >= 11 is 6.00. The second-order valence-electron chi connectivity index (χ2n) is 2.91. The highest BCUT2D eigenvalue weighted by molar-refractivity contribution is 14.1. The van der Waals surface area contributed by atoms with Gasteiger partial charge in [-0.25, -0.2) is 9.59 Å². The van der Waals surface area contributed by atoms with Crippen LogP contribution in [-0.4, -0.2) is 23.7 Å². The monoisotopic (exact) mass is 573 g/mol. The number of carbonyl (C=O) groups is 2. The van der Waals surface area contributed by atoms with Crippen molar-refractivity contribution >= 4 is 85.4 Å². The number of hydrogen-bond acceptors (Lipinski definition) is 4. The van der Waals surface area contributed by atoms with Gasteiger partial charge in [0, 0.05) is 7.14 Å². The molecule has 92 valence electrons. The number of carbonyl (C=O) groups excluding carboxylic acids is 1. The first-order valence-corrected chi connectivity index (χ1v) is 7.40. The highest BCUT2D eigenvalue weighted by atomic mass is 127. The number of halogens is 3. The van der Waals surface area contributed by atoms with Crippen LogP contribution in [0.5, 0.6) is 0 Å². The van der Waals surface area contributed by atoms with Gasteiger partial charge < -0.3 is 15.6 Å². The topological polar surface area (TPSA) is 89.6 Å². The van der Waals surface area contributed by atoms with Crippen molar-refractivity contribution in [3.63, 3.8) is 0 Å². The Kier molecular flexibility index (Phi) is 5.69. The van der Waals surface area contributed by atoms with E-state index in [4.69, 9.17) is 10.8 Å². The molecule has 0 heterocycles. The molecule has 0 fully saturated rings. The van der Waals surface area contributed by atoms with Gasteiger partial charge in [-0.05, 0) is 73.8 Å². The normalized spacial score (nSPS) is 10.1. The van der Waals surface area contributed by atoms with Crippen LogP contribution < -0.4 is 5.73 Å². The van der Waals surface area contributed by atoms with E-state index in [0.717, 1.165) is 3.57 Å². The van der Waals surface area contributed by atoms with Crippen molar-refractivity contribution in [3.8, 4) is 0 Å². The zero-order valence-electron chi connectivity index (χ0n) is 8.17. The maximum absolute atomic E-state index is 11.7. The Bertz CT molecular complexity index is 490. The van der Waals surface area contributed by atoms with Crippen LogP contribution in [0.2, 0.25) is 0 Å². The van der Waals surface area contributed by atoms with Crippen molar-refractivity contribution < 1.29 is 19.4 Å². The molecule has 0 radical (unpaired) electrons. The molecule has 0 atom stereocenters. The second-order valence-corrected chi connectivity index (χ2v) is 6.32. The Hall–Kier alpha value is 0.150. The maximum Gasteiger partial charge on any atom is 0.341 e. The van der Waals surface area contributed by atoms with Crippen LogP contribution in [0.1, 0.15) is 10.4 Å². The summed E-state index contributed by atoms with van der Waals surface area (Å²) in [7, 11) is 0. The Labute approximate surface area is 138 Å². The molecule has 3 N–H and O–H groups in total. The van der Waals surface area contributed by atoms with E-state index in [9.17, 15) is 9.59 Å². The molecule has 1 aromatic carbocycles. The minimum atomic E-state index is -1.19. The average Bonchev–Trinajstić information content (AvgIpc) is 2.23. The minimum absolute atomic E-state index is 0.311. The van der Waals surface area contributed by atoms with Gasteiger partial charge in [-0.3, -0.25) is 0 Å². The first-order valence-electron chi connectivity index (χ1n) is 4.16. The minimum Gasteiger partial charge on any atom is -0.479 e. The Balaban J connectivity index is 3.10.